The van der Waals surface area contributed by atoms with Crippen LogP contribution >= 0.6 is 35.6 Å². The second-order valence-corrected chi connectivity index (χ2v) is 6.82. The zero-order valence-electron chi connectivity index (χ0n) is 15.7. The van der Waals surface area contributed by atoms with Crippen molar-refractivity contribution in [3.05, 3.63) is 53.1 Å². The van der Waals surface area contributed by atoms with E-state index in [1.807, 2.05) is 24.5 Å². The Kier molecular flexibility index (Phi) is 10.7. The van der Waals surface area contributed by atoms with Crippen molar-refractivity contribution in [2.45, 2.75) is 40.3 Å². The average Bonchev–Trinajstić information content (AvgIpc) is 3.01. The molecule has 0 saturated heterocycles. The Balaban J connectivity index is 0.00000338. The number of hydrogen-bond acceptors (Lipinski definition) is 2. The van der Waals surface area contributed by atoms with E-state index < -0.39 is 0 Å². The van der Waals surface area contributed by atoms with Crippen LogP contribution in [0.4, 0.5) is 0 Å². The van der Waals surface area contributed by atoms with E-state index in [4.69, 9.17) is 11.6 Å². The Morgan fingerprint density at radius 1 is 1.23 bits per heavy atom. The van der Waals surface area contributed by atoms with Gasteiger partial charge in [0.05, 0.1) is 0 Å². The van der Waals surface area contributed by atoms with Crippen LogP contribution in [0.15, 0.2) is 41.7 Å². The zero-order chi connectivity index (χ0) is 18.1. The fourth-order valence-electron chi connectivity index (χ4n) is 2.52. The molecule has 2 aromatic rings. The lowest BCUT2D eigenvalue weighted by molar-refractivity contribution is 0.507. The fourth-order valence-corrected chi connectivity index (χ4v) is 2.65. The van der Waals surface area contributed by atoms with Crippen LogP contribution in [0.1, 0.15) is 32.2 Å². The topological polar surface area (TPSA) is 54.2 Å². The number of rotatable bonds is 8. The van der Waals surface area contributed by atoms with Crippen molar-refractivity contribution in [2.75, 3.05) is 13.1 Å². The summed E-state index contributed by atoms with van der Waals surface area (Å²) in [5.41, 5.74) is 1.25. The van der Waals surface area contributed by atoms with Gasteiger partial charge in [0, 0.05) is 37.1 Å². The molecule has 0 radical (unpaired) electrons. The smallest absolute Gasteiger partial charge is 0.191 e. The Hall–Kier alpha value is -1.28. The molecule has 0 bridgehead atoms. The highest BCUT2D eigenvalue weighted by Gasteiger charge is 2.05. The number of aromatic nitrogens is 2. The Morgan fingerprint density at radius 2 is 1.96 bits per heavy atom. The maximum atomic E-state index is 5.92. The van der Waals surface area contributed by atoms with Gasteiger partial charge in [-0.1, -0.05) is 37.6 Å². The molecule has 0 saturated carbocycles. The molecule has 144 valence electrons. The van der Waals surface area contributed by atoms with Crippen molar-refractivity contribution < 1.29 is 0 Å². The Labute approximate surface area is 178 Å². The summed E-state index contributed by atoms with van der Waals surface area (Å²) in [5.74, 6) is 2.39. The van der Waals surface area contributed by atoms with Crippen LogP contribution in [0.2, 0.25) is 5.02 Å². The number of halogens is 2. The van der Waals surface area contributed by atoms with Gasteiger partial charge in [-0.25, -0.2) is 9.98 Å². The molecule has 0 fully saturated rings. The standard InChI is InChI=1S/C19H28ClN5.HI/c1-4-21-19(23-10-9-16-5-7-17(20)8-6-16)24-13-18-22-11-12-25(18)14-15(2)3;/h5-8,11-12,15H,4,9-10,13-14H2,1-3H3,(H2,21,23,24);1H. The lowest BCUT2D eigenvalue weighted by atomic mass is 10.1. The molecule has 0 aliphatic heterocycles. The summed E-state index contributed by atoms with van der Waals surface area (Å²) in [4.78, 5) is 9.08. The summed E-state index contributed by atoms with van der Waals surface area (Å²) < 4.78 is 2.17. The van der Waals surface area contributed by atoms with Gasteiger partial charge < -0.3 is 15.2 Å². The maximum Gasteiger partial charge on any atom is 0.191 e. The summed E-state index contributed by atoms with van der Waals surface area (Å²) in [6.45, 7) is 9.64. The van der Waals surface area contributed by atoms with Crippen LogP contribution in [0.5, 0.6) is 0 Å². The predicted octanol–water partition coefficient (Wildman–Crippen LogP) is 4.11. The number of imidazole rings is 1. The van der Waals surface area contributed by atoms with Gasteiger partial charge in [0.25, 0.3) is 0 Å². The third-order valence-electron chi connectivity index (χ3n) is 3.71. The van der Waals surface area contributed by atoms with Gasteiger partial charge in [0.2, 0.25) is 0 Å². The first kappa shape index (κ1) is 22.8. The molecule has 0 amide bonds. The summed E-state index contributed by atoms with van der Waals surface area (Å²) >= 11 is 5.92. The molecule has 1 aromatic carbocycles. The first-order valence-electron chi connectivity index (χ1n) is 8.85. The summed E-state index contributed by atoms with van der Waals surface area (Å²) in [7, 11) is 0. The van der Waals surface area contributed by atoms with Crippen LogP contribution < -0.4 is 10.6 Å². The van der Waals surface area contributed by atoms with E-state index in [-0.39, 0.29) is 24.0 Å². The molecule has 7 heteroatoms. The minimum absolute atomic E-state index is 0. The Morgan fingerprint density at radius 3 is 2.62 bits per heavy atom. The van der Waals surface area contributed by atoms with E-state index in [0.717, 1.165) is 42.9 Å². The fraction of sp³-hybridized carbons (Fsp3) is 0.474. The number of nitrogens with zero attached hydrogens (tertiary/aromatic N) is 3. The SMILES string of the molecule is CCNC(=NCc1nccn1CC(C)C)NCCc1ccc(Cl)cc1.I. The second-order valence-electron chi connectivity index (χ2n) is 6.39. The highest BCUT2D eigenvalue weighted by atomic mass is 127. The first-order chi connectivity index (χ1) is 12.1. The van der Waals surface area contributed by atoms with Gasteiger partial charge in [-0.15, -0.1) is 24.0 Å². The van der Waals surface area contributed by atoms with Crippen LogP contribution in [0.3, 0.4) is 0 Å². The van der Waals surface area contributed by atoms with Gasteiger partial charge >= 0.3 is 0 Å². The molecule has 0 aliphatic carbocycles. The lowest BCUT2D eigenvalue weighted by Crippen LogP contribution is -2.38. The number of aliphatic imine (C=N–C) groups is 1. The van der Waals surface area contributed by atoms with Gasteiger partial charge in [-0.3, -0.25) is 0 Å². The largest absolute Gasteiger partial charge is 0.357 e. The first-order valence-corrected chi connectivity index (χ1v) is 9.23. The van der Waals surface area contributed by atoms with Crippen molar-refractivity contribution in [3.63, 3.8) is 0 Å². The number of guanidine groups is 1. The van der Waals surface area contributed by atoms with Gasteiger partial charge in [0.1, 0.15) is 12.4 Å². The van der Waals surface area contributed by atoms with Crippen molar-refractivity contribution >= 4 is 41.5 Å². The van der Waals surface area contributed by atoms with E-state index in [9.17, 15) is 0 Å². The Bertz CT molecular complexity index is 667. The molecular formula is C19H29ClIN5. The highest BCUT2D eigenvalue weighted by molar-refractivity contribution is 14.0. The molecule has 5 nitrogen and oxygen atoms in total. The highest BCUT2D eigenvalue weighted by Crippen LogP contribution is 2.09. The van der Waals surface area contributed by atoms with Crippen LogP contribution in [0.25, 0.3) is 0 Å². The quantitative estimate of drug-likeness (QED) is 0.333. The van der Waals surface area contributed by atoms with Gasteiger partial charge in [-0.05, 0) is 37.0 Å². The number of benzene rings is 1. The second kappa shape index (κ2) is 12.2. The molecule has 26 heavy (non-hydrogen) atoms. The molecule has 0 unspecified atom stereocenters. The number of hydrogen-bond donors (Lipinski definition) is 2. The zero-order valence-corrected chi connectivity index (χ0v) is 18.8. The maximum absolute atomic E-state index is 5.92. The van der Waals surface area contributed by atoms with E-state index in [0.29, 0.717) is 12.5 Å². The normalized spacial score (nSPS) is 11.3. The molecule has 0 spiro atoms. The summed E-state index contributed by atoms with van der Waals surface area (Å²) in [6, 6.07) is 7.95. The van der Waals surface area contributed by atoms with E-state index >= 15 is 0 Å². The van der Waals surface area contributed by atoms with Gasteiger partial charge in [-0.2, -0.15) is 0 Å². The minimum Gasteiger partial charge on any atom is -0.357 e. The van der Waals surface area contributed by atoms with E-state index in [1.165, 1.54) is 5.56 Å². The van der Waals surface area contributed by atoms with E-state index in [1.54, 1.807) is 0 Å². The average molecular weight is 490 g/mol. The third-order valence-corrected chi connectivity index (χ3v) is 3.96. The summed E-state index contributed by atoms with van der Waals surface area (Å²) in [6.07, 6.45) is 4.78. The molecule has 1 aromatic heterocycles. The molecule has 1 heterocycles. The van der Waals surface area contributed by atoms with Crippen molar-refractivity contribution in [1.82, 2.24) is 20.2 Å². The monoisotopic (exact) mass is 489 g/mol. The molecule has 2 N–H and O–H groups in total. The van der Waals surface area contributed by atoms with Crippen molar-refractivity contribution in [1.29, 1.82) is 0 Å². The third kappa shape index (κ3) is 7.95. The predicted molar refractivity (Wildman–Crippen MR) is 120 cm³/mol. The lowest BCUT2D eigenvalue weighted by Gasteiger charge is -2.12. The summed E-state index contributed by atoms with van der Waals surface area (Å²) in [5, 5.41) is 7.42. The van der Waals surface area contributed by atoms with Crippen molar-refractivity contribution in [2.24, 2.45) is 10.9 Å². The molecular weight excluding hydrogens is 461 g/mol. The van der Waals surface area contributed by atoms with E-state index in [2.05, 4.69) is 58.1 Å². The molecule has 2 rings (SSSR count). The van der Waals surface area contributed by atoms with Gasteiger partial charge in [0.15, 0.2) is 5.96 Å². The molecule has 0 aliphatic rings. The van der Waals surface area contributed by atoms with Crippen LogP contribution in [0, 0.1) is 5.92 Å². The number of nitrogens with one attached hydrogen (secondary N) is 2. The van der Waals surface area contributed by atoms with Crippen LogP contribution in [-0.4, -0.2) is 28.6 Å². The molecule has 0 atom stereocenters. The van der Waals surface area contributed by atoms with Crippen LogP contribution in [-0.2, 0) is 19.5 Å². The van der Waals surface area contributed by atoms with Crippen molar-refractivity contribution in [3.8, 4) is 0 Å². The minimum atomic E-state index is 0.